The van der Waals surface area contributed by atoms with Crippen molar-refractivity contribution in [3.8, 4) is 0 Å². The molecule has 6 heteroatoms. The molecular formula is C11H16ClFN2O2. The molecule has 0 aromatic heterocycles. The van der Waals surface area contributed by atoms with Crippen molar-refractivity contribution in [2.24, 2.45) is 0 Å². The molecule has 1 aliphatic rings. The number of hydrogen-bond donors (Lipinski definition) is 3. The smallest absolute Gasteiger partial charge is 0.129 e. The van der Waals surface area contributed by atoms with Crippen LogP contribution in [0.2, 0.25) is 0 Å². The van der Waals surface area contributed by atoms with Gasteiger partial charge in [0.1, 0.15) is 12.0 Å². The fourth-order valence-electron chi connectivity index (χ4n) is 1.95. The van der Waals surface area contributed by atoms with Gasteiger partial charge in [-0.2, -0.15) is 0 Å². The topological polar surface area (TPSA) is 67.5 Å². The Morgan fingerprint density at radius 2 is 2.29 bits per heavy atom. The number of nitrogens with one attached hydrogen (secondary N) is 1. The molecule has 0 spiro atoms. The van der Waals surface area contributed by atoms with E-state index in [1.165, 1.54) is 12.1 Å². The first kappa shape index (κ1) is 14.2. The Morgan fingerprint density at radius 1 is 1.59 bits per heavy atom. The fraction of sp³-hybridized carbons (Fsp3) is 0.455. The summed E-state index contributed by atoms with van der Waals surface area (Å²) >= 11 is 0. The van der Waals surface area contributed by atoms with Gasteiger partial charge in [0.05, 0.1) is 18.8 Å². The second kappa shape index (κ2) is 5.18. The quantitative estimate of drug-likeness (QED) is 0.660. The van der Waals surface area contributed by atoms with E-state index < -0.39 is 11.8 Å². The summed E-state index contributed by atoms with van der Waals surface area (Å²) in [6, 6.07) is 4.38. The summed E-state index contributed by atoms with van der Waals surface area (Å²) in [5.41, 5.74) is 5.77. The van der Waals surface area contributed by atoms with Gasteiger partial charge >= 0.3 is 0 Å². The Kier molecular flexibility index (Phi) is 4.32. The zero-order valence-electron chi connectivity index (χ0n) is 9.44. The third kappa shape index (κ3) is 2.87. The maximum Gasteiger partial charge on any atom is 0.129 e. The van der Waals surface area contributed by atoms with Gasteiger partial charge in [-0.25, -0.2) is 4.39 Å². The van der Waals surface area contributed by atoms with Crippen LogP contribution in [0.3, 0.4) is 0 Å². The summed E-state index contributed by atoms with van der Waals surface area (Å²) < 4.78 is 18.9. The Hall–Kier alpha value is -0.880. The van der Waals surface area contributed by atoms with Crippen molar-refractivity contribution in [3.63, 3.8) is 0 Å². The van der Waals surface area contributed by atoms with Crippen LogP contribution in [0.1, 0.15) is 12.5 Å². The molecule has 1 aliphatic heterocycles. The van der Waals surface area contributed by atoms with Crippen molar-refractivity contribution in [1.82, 2.24) is 5.32 Å². The van der Waals surface area contributed by atoms with Gasteiger partial charge in [-0.1, -0.05) is 0 Å². The lowest BCUT2D eigenvalue weighted by Gasteiger charge is -2.38. The second-order valence-corrected chi connectivity index (χ2v) is 4.25. The number of nitrogen functional groups attached to an aromatic ring is 1. The minimum Gasteiger partial charge on any atom is -0.399 e. The van der Waals surface area contributed by atoms with Gasteiger partial charge < -0.3 is 15.6 Å². The Bertz CT molecular complexity index is 405. The summed E-state index contributed by atoms with van der Waals surface area (Å²) in [4.78, 5) is 0. The molecule has 2 rings (SSSR count). The molecule has 4 nitrogen and oxygen atoms in total. The number of nitrogens with two attached hydrogens (primary N) is 1. The highest BCUT2D eigenvalue weighted by molar-refractivity contribution is 5.85. The molecule has 2 unspecified atom stereocenters. The van der Waals surface area contributed by atoms with Crippen LogP contribution in [-0.2, 0) is 10.3 Å². The maximum atomic E-state index is 13.7. The largest absolute Gasteiger partial charge is 0.399 e. The molecule has 0 saturated carbocycles. The van der Waals surface area contributed by atoms with Crippen molar-refractivity contribution >= 4 is 18.1 Å². The maximum absolute atomic E-state index is 13.7. The lowest BCUT2D eigenvalue weighted by molar-refractivity contribution is -0.0716. The lowest BCUT2D eigenvalue weighted by atomic mass is 9.91. The number of ether oxygens (including phenoxy) is 1. The van der Waals surface area contributed by atoms with E-state index in [0.29, 0.717) is 17.9 Å². The van der Waals surface area contributed by atoms with Crippen molar-refractivity contribution in [1.29, 1.82) is 0 Å². The van der Waals surface area contributed by atoms with E-state index in [1.54, 1.807) is 13.0 Å². The van der Waals surface area contributed by atoms with Crippen LogP contribution in [0.4, 0.5) is 10.1 Å². The molecule has 0 amide bonds. The van der Waals surface area contributed by atoms with E-state index in [-0.39, 0.29) is 24.8 Å². The number of benzene rings is 1. The predicted molar refractivity (Wildman–Crippen MR) is 65.4 cm³/mol. The average Bonchev–Trinajstić information content (AvgIpc) is 2.21. The van der Waals surface area contributed by atoms with Crippen molar-refractivity contribution in [2.75, 3.05) is 18.9 Å². The number of halogens is 2. The SMILES string of the molecule is CC1(c2cc(N)ccc2F)COCC(O)N1.Cl. The van der Waals surface area contributed by atoms with Crippen molar-refractivity contribution in [2.45, 2.75) is 18.7 Å². The normalized spacial score (nSPS) is 28.5. The monoisotopic (exact) mass is 262 g/mol. The average molecular weight is 263 g/mol. The van der Waals surface area contributed by atoms with E-state index in [9.17, 15) is 9.50 Å². The molecule has 2 atom stereocenters. The standard InChI is InChI=1S/C11H15FN2O2.ClH/c1-11(6-16-5-10(15)14-11)8-4-7(13)2-3-9(8)12;/h2-4,10,14-15H,5-6,13H2,1H3;1H. The summed E-state index contributed by atoms with van der Waals surface area (Å²) in [6.45, 7) is 2.27. The molecule has 1 fully saturated rings. The van der Waals surface area contributed by atoms with Crippen LogP contribution in [0.15, 0.2) is 18.2 Å². The van der Waals surface area contributed by atoms with Gasteiger partial charge in [0, 0.05) is 11.3 Å². The van der Waals surface area contributed by atoms with Crippen LogP contribution < -0.4 is 11.1 Å². The molecule has 0 bridgehead atoms. The molecule has 0 radical (unpaired) electrons. The molecule has 1 heterocycles. The van der Waals surface area contributed by atoms with Gasteiger partial charge in [-0.15, -0.1) is 12.4 Å². The highest BCUT2D eigenvalue weighted by Gasteiger charge is 2.35. The first-order valence-electron chi connectivity index (χ1n) is 5.10. The molecule has 0 aliphatic carbocycles. The van der Waals surface area contributed by atoms with Crippen LogP contribution in [0, 0.1) is 5.82 Å². The third-order valence-corrected chi connectivity index (χ3v) is 2.74. The zero-order valence-corrected chi connectivity index (χ0v) is 10.3. The third-order valence-electron chi connectivity index (χ3n) is 2.74. The van der Waals surface area contributed by atoms with Gasteiger partial charge in [-0.3, -0.25) is 5.32 Å². The van der Waals surface area contributed by atoms with E-state index in [4.69, 9.17) is 10.5 Å². The van der Waals surface area contributed by atoms with Gasteiger partial charge in [-0.05, 0) is 25.1 Å². The van der Waals surface area contributed by atoms with Gasteiger partial charge in [0.25, 0.3) is 0 Å². The highest BCUT2D eigenvalue weighted by atomic mass is 35.5. The number of anilines is 1. The first-order valence-corrected chi connectivity index (χ1v) is 5.10. The minimum atomic E-state index is -0.792. The number of hydrogen-bond acceptors (Lipinski definition) is 4. The molecule has 1 aromatic rings. The molecule has 1 aromatic carbocycles. The van der Waals surface area contributed by atoms with Crippen LogP contribution in [0.25, 0.3) is 0 Å². The van der Waals surface area contributed by atoms with E-state index >= 15 is 0 Å². The van der Waals surface area contributed by atoms with Crippen LogP contribution >= 0.6 is 12.4 Å². The van der Waals surface area contributed by atoms with Crippen LogP contribution in [0.5, 0.6) is 0 Å². The first-order chi connectivity index (χ1) is 7.51. The molecule has 1 saturated heterocycles. The van der Waals surface area contributed by atoms with Crippen LogP contribution in [-0.4, -0.2) is 24.5 Å². The van der Waals surface area contributed by atoms with Gasteiger partial charge in [0.15, 0.2) is 0 Å². The highest BCUT2D eigenvalue weighted by Crippen LogP contribution is 2.28. The summed E-state index contributed by atoms with van der Waals surface area (Å²) in [5, 5.41) is 12.4. The Labute approximate surface area is 105 Å². The van der Waals surface area contributed by atoms with E-state index in [2.05, 4.69) is 5.32 Å². The molecule has 17 heavy (non-hydrogen) atoms. The number of rotatable bonds is 1. The Morgan fingerprint density at radius 3 is 2.94 bits per heavy atom. The molecular weight excluding hydrogens is 247 g/mol. The van der Waals surface area contributed by atoms with Gasteiger partial charge in [0.2, 0.25) is 0 Å². The minimum absolute atomic E-state index is 0. The number of aliphatic hydroxyl groups is 1. The Balaban J connectivity index is 0.00000144. The number of aliphatic hydroxyl groups excluding tert-OH is 1. The fourth-order valence-corrected chi connectivity index (χ4v) is 1.95. The summed E-state index contributed by atoms with van der Waals surface area (Å²) in [7, 11) is 0. The molecule has 96 valence electrons. The predicted octanol–water partition coefficient (Wildman–Crippen LogP) is 0.983. The van der Waals surface area contributed by atoms with E-state index in [0.717, 1.165) is 0 Å². The zero-order chi connectivity index (χ0) is 11.8. The summed E-state index contributed by atoms with van der Waals surface area (Å²) in [5.74, 6) is -0.359. The number of morpholine rings is 1. The molecule has 4 N–H and O–H groups in total. The van der Waals surface area contributed by atoms with Crippen molar-refractivity contribution in [3.05, 3.63) is 29.6 Å². The second-order valence-electron chi connectivity index (χ2n) is 4.25. The van der Waals surface area contributed by atoms with Crippen molar-refractivity contribution < 1.29 is 14.2 Å². The van der Waals surface area contributed by atoms with E-state index in [1.807, 2.05) is 0 Å². The summed E-state index contributed by atoms with van der Waals surface area (Å²) in [6.07, 6.45) is -0.792. The lowest BCUT2D eigenvalue weighted by Crippen LogP contribution is -2.55.